The van der Waals surface area contributed by atoms with Crippen LogP contribution in [0.4, 0.5) is 4.39 Å². The predicted molar refractivity (Wildman–Crippen MR) is 74.8 cm³/mol. The van der Waals surface area contributed by atoms with Crippen molar-refractivity contribution < 1.29 is 9.13 Å². The summed E-state index contributed by atoms with van der Waals surface area (Å²) in [5.41, 5.74) is 0.942. The first kappa shape index (κ1) is 13.7. The summed E-state index contributed by atoms with van der Waals surface area (Å²) in [6.07, 6.45) is 2.20. The van der Waals surface area contributed by atoms with Crippen LogP contribution in [0.5, 0.6) is 5.75 Å². The molecule has 1 aromatic rings. The Morgan fingerprint density at radius 2 is 2.33 bits per heavy atom. The van der Waals surface area contributed by atoms with Crippen molar-refractivity contribution in [1.29, 1.82) is 0 Å². The van der Waals surface area contributed by atoms with Gasteiger partial charge in [-0.15, -0.1) is 0 Å². The lowest BCUT2D eigenvalue weighted by molar-refractivity contribution is 0.149. The Labute approximate surface area is 112 Å². The van der Waals surface area contributed by atoms with Crippen molar-refractivity contribution in [2.45, 2.75) is 31.9 Å². The smallest absolute Gasteiger partial charge is 0.124 e. The molecule has 2 nitrogen and oxygen atoms in total. The molecular formula is C14H20FNOS. The van der Waals surface area contributed by atoms with Crippen LogP contribution in [0.25, 0.3) is 0 Å². The molecule has 2 unspecified atom stereocenters. The normalized spacial score (nSPS) is 22.4. The molecule has 1 aliphatic rings. The van der Waals surface area contributed by atoms with Crippen LogP contribution in [0.3, 0.4) is 0 Å². The van der Waals surface area contributed by atoms with Crippen LogP contribution >= 0.6 is 11.8 Å². The van der Waals surface area contributed by atoms with Gasteiger partial charge in [-0.25, -0.2) is 4.39 Å². The second-order valence-corrected chi connectivity index (χ2v) is 5.88. The number of thioether (sulfide) groups is 1. The Balaban J connectivity index is 2.08. The third kappa shape index (κ3) is 3.18. The average Bonchev–Trinajstić information content (AvgIpc) is 2.38. The second kappa shape index (κ2) is 6.43. The molecule has 0 aromatic heterocycles. The number of ether oxygens (including phenoxy) is 1. The fraction of sp³-hybridized carbons (Fsp3) is 0.571. The van der Waals surface area contributed by atoms with E-state index in [0.717, 1.165) is 35.7 Å². The molecule has 0 amide bonds. The Kier molecular flexibility index (Phi) is 4.89. The summed E-state index contributed by atoms with van der Waals surface area (Å²) < 4.78 is 19.2. The zero-order valence-electron chi connectivity index (χ0n) is 10.9. The molecule has 0 saturated carbocycles. The number of rotatable bonds is 5. The SMILES string of the molecule is CCSCCC1CC(NC)c2cc(F)ccc2O1. The van der Waals surface area contributed by atoms with E-state index >= 15 is 0 Å². The Bertz CT molecular complexity index is 399. The molecule has 0 bridgehead atoms. The van der Waals surface area contributed by atoms with Gasteiger partial charge >= 0.3 is 0 Å². The van der Waals surface area contributed by atoms with Crippen LogP contribution in [0, 0.1) is 5.82 Å². The van der Waals surface area contributed by atoms with Crippen LogP contribution in [0.2, 0.25) is 0 Å². The highest BCUT2D eigenvalue weighted by atomic mass is 32.2. The zero-order chi connectivity index (χ0) is 13.0. The first-order chi connectivity index (χ1) is 8.74. The topological polar surface area (TPSA) is 21.3 Å². The van der Waals surface area contributed by atoms with E-state index in [0.29, 0.717) is 0 Å². The lowest BCUT2D eigenvalue weighted by Gasteiger charge is -2.32. The van der Waals surface area contributed by atoms with E-state index in [4.69, 9.17) is 4.74 Å². The highest BCUT2D eigenvalue weighted by Crippen LogP contribution is 2.36. The van der Waals surface area contributed by atoms with Gasteiger partial charge in [-0.1, -0.05) is 6.92 Å². The highest BCUT2D eigenvalue weighted by Gasteiger charge is 2.27. The summed E-state index contributed by atoms with van der Waals surface area (Å²) in [4.78, 5) is 0. The third-order valence-corrected chi connectivity index (χ3v) is 4.21. The molecule has 0 fully saturated rings. The van der Waals surface area contributed by atoms with Gasteiger partial charge in [0.05, 0.1) is 0 Å². The van der Waals surface area contributed by atoms with E-state index in [1.165, 1.54) is 6.07 Å². The van der Waals surface area contributed by atoms with Crippen molar-refractivity contribution in [3.05, 3.63) is 29.6 Å². The number of hydrogen-bond donors (Lipinski definition) is 1. The molecule has 2 atom stereocenters. The van der Waals surface area contributed by atoms with Gasteiger partial charge in [0.1, 0.15) is 17.7 Å². The monoisotopic (exact) mass is 269 g/mol. The second-order valence-electron chi connectivity index (χ2n) is 4.48. The predicted octanol–water partition coefficient (Wildman–Crippen LogP) is 3.38. The molecule has 18 heavy (non-hydrogen) atoms. The van der Waals surface area contributed by atoms with Crippen molar-refractivity contribution in [3.63, 3.8) is 0 Å². The fourth-order valence-corrected chi connectivity index (χ4v) is 3.04. The van der Waals surface area contributed by atoms with Gasteiger partial charge in [0, 0.05) is 18.0 Å². The van der Waals surface area contributed by atoms with Crippen molar-refractivity contribution in [3.8, 4) is 5.75 Å². The minimum atomic E-state index is -0.197. The van der Waals surface area contributed by atoms with Crippen LogP contribution in [0.15, 0.2) is 18.2 Å². The summed E-state index contributed by atoms with van der Waals surface area (Å²) in [6, 6.07) is 4.98. The van der Waals surface area contributed by atoms with E-state index < -0.39 is 0 Å². The zero-order valence-corrected chi connectivity index (χ0v) is 11.7. The van der Waals surface area contributed by atoms with Gasteiger partial charge in [-0.3, -0.25) is 0 Å². The first-order valence-electron chi connectivity index (χ1n) is 6.45. The van der Waals surface area contributed by atoms with Gasteiger partial charge in [-0.05, 0) is 43.2 Å². The van der Waals surface area contributed by atoms with E-state index in [2.05, 4.69) is 12.2 Å². The van der Waals surface area contributed by atoms with Gasteiger partial charge in [-0.2, -0.15) is 11.8 Å². The van der Waals surface area contributed by atoms with Crippen molar-refractivity contribution in [1.82, 2.24) is 5.32 Å². The maximum absolute atomic E-state index is 13.3. The van der Waals surface area contributed by atoms with Crippen LogP contribution in [0.1, 0.15) is 31.4 Å². The van der Waals surface area contributed by atoms with E-state index in [-0.39, 0.29) is 18.0 Å². The van der Waals surface area contributed by atoms with Gasteiger partial charge in [0.25, 0.3) is 0 Å². The van der Waals surface area contributed by atoms with E-state index in [1.54, 1.807) is 12.1 Å². The van der Waals surface area contributed by atoms with Crippen molar-refractivity contribution in [2.24, 2.45) is 0 Å². The first-order valence-corrected chi connectivity index (χ1v) is 7.61. The number of fused-ring (bicyclic) bond motifs is 1. The van der Waals surface area contributed by atoms with Crippen molar-refractivity contribution >= 4 is 11.8 Å². The van der Waals surface area contributed by atoms with Crippen LogP contribution < -0.4 is 10.1 Å². The molecule has 4 heteroatoms. The van der Waals surface area contributed by atoms with Gasteiger partial charge in [0.2, 0.25) is 0 Å². The molecule has 0 aliphatic carbocycles. The number of nitrogens with one attached hydrogen (secondary N) is 1. The number of benzene rings is 1. The molecule has 0 saturated heterocycles. The molecule has 100 valence electrons. The quantitative estimate of drug-likeness (QED) is 0.828. The van der Waals surface area contributed by atoms with Crippen LogP contribution in [-0.4, -0.2) is 24.7 Å². The maximum Gasteiger partial charge on any atom is 0.124 e. The van der Waals surface area contributed by atoms with Crippen LogP contribution in [-0.2, 0) is 0 Å². The number of hydrogen-bond acceptors (Lipinski definition) is 3. The summed E-state index contributed by atoms with van der Waals surface area (Å²) in [6.45, 7) is 2.17. The molecule has 1 aromatic carbocycles. The summed E-state index contributed by atoms with van der Waals surface area (Å²) in [5, 5.41) is 3.25. The molecule has 1 N–H and O–H groups in total. The standard InChI is InChI=1S/C14H20FNOS/c1-3-18-7-6-11-9-13(16-2)12-8-10(15)4-5-14(12)17-11/h4-5,8,11,13,16H,3,6-7,9H2,1-2H3. The molecule has 1 heterocycles. The summed E-state index contributed by atoms with van der Waals surface area (Å²) in [5.74, 6) is 2.89. The third-order valence-electron chi connectivity index (χ3n) is 3.28. The Hall–Kier alpha value is -0.740. The molecule has 1 aliphatic heterocycles. The maximum atomic E-state index is 13.3. The highest BCUT2D eigenvalue weighted by molar-refractivity contribution is 7.99. The molecule has 2 rings (SSSR count). The summed E-state index contributed by atoms with van der Waals surface area (Å²) in [7, 11) is 1.92. The lowest BCUT2D eigenvalue weighted by atomic mass is 9.95. The van der Waals surface area contributed by atoms with Gasteiger partial charge in [0.15, 0.2) is 0 Å². The Morgan fingerprint density at radius 3 is 3.06 bits per heavy atom. The molecular weight excluding hydrogens is 249 g/mol. The minimum absolute atomic E-state index is 0.195. The summed E-state index contributed by atoms with van der Waals surface area (Å²) >= 11 is 1.93. The minimum Gasteiger partial charge on any atom is -0.490 e. The fourth-order valence-electron chi connectivity index (χ4n) is 2.33. The lowest BCUT2D eigenvalue weighted by Crippen LogP contribution is -2.31. The van der Waals surface area contributed by atoms with Gasteiger partial charge < -0.3 is 10.1 Å². The number of halogens is 1. The molecule has 0 spiro atoms. The Morgan fingerprint density at radius 1 is 1.50 bits per heavy atom. The largest absolute Gasteiger partial charge is 0.490 e. The average molecular weight is 269 g/mol. The van der Waals surface area contributed by atoms with E-state index in [9.17, 15) is 4.39 Å². The molecule has 0 radical (unpaired) electrons. The van der Waals surface area contributed by atoms with Crippen molar-refractivity contribution in [2.75, 3.05) is 18.6 Å². The van der Waals surface area contributed by atoms with E-state index in [1.807, 2.05) is 18.8 Å².